The molecule has 11 aliphatic rings. The maximum absolute atomic E-state index is 13.2. The predicted molar refractivity (Wildman–Crippen MR) is 459 cm³/mol. The van der Waals surface area contributed by atoms with E-state index in [9.17, 15) is 76.0 Å². The number of likely N-dealkylation sites (N-methyl/N-ethyl adjacent to an activating group) is 3. The SMILES string of the molecule is CC1CC(N(C)C)C(O)C(C)O1.CC1CC(N(C)C)C(OC2CC(O)C(O)C(C)O2)C(C)O1.CC1CC(N(C)C)C(OC2CC(O)C(OC3CC(O)C(O)C(C)O3)C(C)O2)C(C)O1.CC1CC(O)C(OC2CC(O)C(OC3CC(O)C(O)C(C)O3)C(C)O2)C(C)O1.COC1C[C@@](C)(O)C(C)c2c(C)c3c(c(O)c21)C(=O)c1c(O)cccc1C3=O.II. The lowest BCUT2D eigenvalue weighted by atomic mass is 9.67. The lowest BCUT2D eigenvalue weighted by Crippen LogP contribution is -2.57. The van der Waals surface area contributed by atoms with Crippen molar-refractivity contribution in [2.24, 2.45) is 0 Å². The van der Waals surface area contributed by atoms with Gasteiger partial charge in [-0.2, -0.15) is 0 Å². The molecule has 0 spiro atoms. The Kier molecular flexibility index (Phi) is 39.1. The van der Waals surface area contributed by atoms with Crippen LogP contribution in [0.5, 0.6) is 11.5 Å². The second-order valence-corrected chi connectivity index (χ2v) is 36.0. The minimum Gasteiger partial charge on any atom is -0.507 e. The Bertz CT molecular complexity index is 3510. The second kappa shape index (κ2) is 45.5. The minimum atomic E-state index is -1.10. The summed E-state index contributed by atoms with van der Waals surface area (Å²) in [5, 5.41) is 133. The summed E-state index contributed by atoms with van der Waals surface area (Å²) in [4.78, 5) is 32.8. The Hall–Kier alpha value is -2.32. The van der Waals surface area contributed by atoms with Crippen LogP contribution in [0.3, 0.4) is 0 Å². The first kappa shape index (κ1) is 104. The van der Waals surface area contributed by atoms with Gasteiger partial charge in [0.1, 0.15) is 60.3 Å². The van der Waals surface area contributed by atoms with E-state index < -0.39 is 158 Å². The zero-order valence-corrected chi connectivity index (χ0v) is 78.9. The third-order valence-corrected chi connectivity index (χ3v) is 25.7. The average molecular weight is 1950 g/mol. The van der Waals surface area contributed by atoms with Crippen LogP contribution >= 0.6 is 37.2 Å². The summed E-state index contributed by atoms with van der Waals surface area (Å²) < 4.78 is 87.4. The molecule has 696 valence electrons. The fraction of sp³-hybridized carbons (Fsp3) is 0.837. The van der Waals surface area contributed by atoms with Crippen molar-refractivity contribution < 1.29 is 147 Å². The second-order valence-electron chi connectivity index (χ2n) is 36.0. The first-order valence-electron chi connectivity index (χ1n) is 42.8. The summed E-state index contributed by atoms with van der Waals surface area (Å²) in [7, 11) is 13.6. The Morgan fingerprint density at radius 2 is 0.702 bits per heavy atom. The lowest BCUT2D eigenvalue weighted by Gasteiger charge is -2.46. The van der Waals surface area contributed by atoms with E-state index in [-0.39, 0.29) is 163 Å². The first-order valence-corrected chi connectivity index (χ1v) is 49.1. The minimum absolute atomic E-state index is 0.0360. The molecule has 39 atom stereocenters. The molecule has 13 N–H and O–H groups in total. The van der Waals surface area contributed by atoms with E-state index in [1.807, 2.05) is 90.8 Å². The monoisotopic (exact) mass is 1950 g/mol. The van der Waals surface area contributed by atoms with Crippen molar-refractivity contribution in [3.8, 4) is 11.5 Å². The number of ether oxygens (including phenoxy) is 15. The number of methoxy groups -OCH3 is 1. The molecule has 9 fully saturated rings. The topological polar surface area (TPSA) is 445 Å². The molecule has 13 rings (SSSR count). The number of aliphatic hydroxyl groups excluding tert-OH is 10. The summed E-state index contributed by atoms with van der Waals surface area (Å²) in [5.74, 6) is -2.00. The number of aliphatic hydroxyl groups is 11. The molecule has 0 radical (unpaired) electrons. The highest BCUT2D eigenvalue weighted by Crippen LogP contribution is 2.54. The number of carbonyl (C=O) groups is 2. The molecule has 2 aromatic carbocycles. The number of aromatic hydroxyl groups is 2. The van der Waals surface area contributed by atoms with E-state index in [1.54, 1.807) is 41.5 Å². The Morgan fingerprint density at radius 1 is 0.388 bits per heavy atom. The number of rotatable bonds is 14. The molecule has 9 heterocycles. The van der Waals surface area contributed by atoms with Gasteiger partial charge in [0.2, 0.25) is 5.78 Å². The van der Waals surface area contributed by atoms with Gasteiger partial charge in [-0.3, -0.25) is 9.59 Å². The third-order valence-electron chi connectivity index (χ3n) is 25.7. The van der Waals surface area contributed by atoms with Crippen molar-refractivity contribution in [3.05, 3.63) is 57.1 Å². The molecule has 33 nitrogen and oxygen atoms in total. The van der Waals surface area contributed by atoms with Gasteiger partial charge >= 0.3 is 0 Å². The summed E-state index contributed by atoms with van der Waals surface area (Å²) in [6, 6.07) is 5.02. The van der Waals surface area contributed by atoms with Crippen molar-refractivity contribution in [2.75, 3.05) is 49.4 Å². The standard InChI is InChI=1S/C22H22O6.C21H39NO8.C19H34O9.C15H29NO5.C9H19NO2.I2/c1-9-14-10(2)22(3,27)8-13(28-4)17(14)21(26)18-15(9)19(24)11-6-5-7-12(23)16(11)20(18)25;1-10-7-14(22(5)6)20(12(3)26-10)29-18-9-16(24)21(13(4)28-18)30-17-8-15(23)19(25)11(2)27-17;1-8-5-13(21)18(10(3)24-8)28-16-7-14(22)19(11(4)26-16)27-15-6-12(20)17(23)9(2)25-15;1-8-6-11(16(4)5)15(10(3)19-8)21-13-7-12(17)14(18)9(2)20-13;1-6-5-8(10(3)4)9(11)7(2)12-6;1-2/h5-7,10,13,23,26-27H,8H2,1-4H3;10-21,23-25H,7-9H2,1-6H3;8-23H,5-7H2,1-4H3;8-15,17-18H,6-7H2,1-5H3;6-9,11H,5H2,1-4H3;/t10?,13?,22-;;;;;/m1...../s1. The van der Waals surface area contributed by atoms with E-state index >= 15 is 0 Å². The fourth-order valence-electron chi connectivity index (χ4n) is 18.8. The summed E-state index contributed by atoms with van der Waals surface area (Å²) in [6.07, 6.45) is -12.0. The number of fused-ring (bicyclic) bond motifs is 3. The van der Waals surface area contributed by atoms with E-state index in [4.69, 9.17) is 71.1 Å². The van der Waals surface area contributed by atoms with Gasteiger partial charge in [-0.15, -0.1) is 0 Å². The Balaban J connectivity index is 0.000000191. The fourth-order valence-corrected chi connectivity index (χ4v) is 18.8. The van der Waals surface area contributed by atoms with Crippen molar-refractivity contribution in [1.29, 1.82) is 0 Å². The zero-order valence-electron chi connectivity index (χ0n) is 74.6. The number of nitrogens with zero attached hydrogens (tertiary/aromatic N) is 3. The molecule has 2 aromatic rings. The van der Waals surface area contributed by atoms with Crippen molar-refractivity contribution in [2.45, 2.75) is 413 Å². The molecule has 121 heavy (non-hydrogen) atoms. The van der Waals surface area contributed by atoms with Crippen LogP contribution in [0.2, 0.25) is 0 Å². The highest BCUT2D eigenvalue weighted by Gasteiger charge is 2.51. The number of halogens is 2. The van der Waals surface area contributed by atoms with Gasteiger partial charge in [0.15, 0.2) is 37.2 Å². The number of hydrogen-bond donors (Lipinski definition) is 13. The van der Waals surface area contributed by atoms with Crippen LogP contribution < -0.4 is 0 Å². The van der Waals surface area contributed by atoms with Crippen LogP contribution in [0.25, 0.3) is 0 Å². The highest BCUT2D eigenvalue weighted by molar-refractivity contribution is 15.0. The number of phenolic OH excluding ortho intramolecular Hbond substituents is 2. The van der Waals surface area contributed by atoms with Crippen LogP contribution in [0.4, 0.5) is 0 Å². The molecular weight excluding hydrogens is 1810 g/mol. The molecule has 0 amide bonds. The van der Waals surface area contributed by atoms with Crippen molar-refractivity contribution >= 4 is 48.8 Å². The lowest BCUT2D eigenvalue weighted by molar-refractivity contribution is -0.326. The average Bonchev–Trinajstić information content (AvgIpc) is 0.705. The molecule has 0 bridgehead atoms. The van der Waals surface area contributed by atoms with E-state index in [1.165, 1.54) is 25.3 Å². The van der Waals surface area contributed by atoms with Gasteiger partial charge < -0.3 is 152 Å². The normalized spacial score (nSPS) is 43.6. The van der Waals surface area contributed by atoms with E-state index in [0.29, 0.717) is 23.1 Å². The van der Waals surface area contributed by atoms with Crippen LogP contribution in [-0.2, 0) is 71.1 Å². The predicted octanol–water partition coefficient (Wildman–Crippen LogP) is 5.63. The smallest absolute Gasteiger partial charge is 0.201 e. The van der Waals surface area contributed by atoms with Crippen LogP contribution in [0.1, 0.15) is 229 Å². The van der Waals surface area contributed by atoms with Gasteiger partial charge in [0, 0.05) is 130 Å². The van der Waals surface area contributed by atoms with Crippen LogP contribution in [-0.4, -0.2) is 368 Å². The number of phenols is 2. The zero-order chi connectivity index (χ0) is 90.3. The molecule has 0 saturated carbocycles. The summed E-state index contributed by atoms with van der Waals surface area (Å²) in [5.41, 5.74) is 0.533. The van der Waals surface area contributed by atoms with E-state index in [0.717, 1.165) is 19.3 Å². The Morgan fingerprint density at radius 3 is 1.06 bits per heavy atom. The third kappa shape index (κ3) is 25.5. The number of ketones is 2. The van der Waals surface area contributed by atoms with E-state index in [2.05, 4.69) is 72.7 Å². The van der Waals surface area contributed by atoms with Crippen LogP contribution in [0.15, 0.2) is 18.2 Å². The number of carbonyl (C=O) groups excluding carboxylic acids is 2. The molecule has 38 unspecified atom stereocenters. The number of hydrogen-bond acceptors (Lipinski definition) is 33. The molecule has 0 aromatic heterocycles. The van der Waals surface area contributed by atoms with Crippen LogP contribution in [0, 0.1) is 6.92 Å². The van der Waals surface area contributed by atoms with Crippen molar-refractivity contribution in [1.82, 2.24) is 14.7 Å². The van der Waals surface area contributed by atoms with Gasteiger partial charge in [-0.1, -0.05) is 19.1 Å². The molecule has 9 saturated heterocycles. The maximum atomic E-state index is 13.2. The first-order chi connectivity index (χ1) is 56.6. The number of benzene rings is 2. The Labute approximate surface area is 737 Å². The largest absolute Gasteiger partial charge is 0.507 e. The maximum Gasteiger partial charge on any atom is 0.201 e. The summed E-state index contributed by atoms with van der Waals surface area (Å²) >= 11 is 4.24. The quantitative estimate of drug-likeness (QED) is 0.0869. The van der Waals surface area contributed by atoms with Gasteiger partial charge in [-0.05, 0) is 183 Å². The molecule has 35 heteroatoms. The highest BCUT2D eigenvalue weighted by atomic mass is 128. The van der Waals surface area contributed by atoms with Gasteiger partial charge in [0.05, 0.1) is 145 Å². The summed E-state index contributed by atoms with van der Waals surface area (Å²) in [6.45, 7) is 29.8. The molecule has 2 aliphatic carbocycles. The van der Waals surface area contributed by atoms with Gasteiger partial charge in [0.25, 0.3) is 0 Å². The molecule has 9 aliphatic heterocycles. The van der Waals surface area contributed by atoms with Gasteiger partial charge in [-0.25, -0.2) is 0 Å². The molecular formula is C86H143I2N3O30. The van der Waals surface area contributed by atoms with Crippen molar-refractivity contribution in [3.63, 3.8) is 0 Å².